The molecule has 1 heterocycles. The molecule has 1 atom stereocenters. The van der Waals surface area contributed by atoms with Crippen LogP contribution in [0.25, 0.3) is 0 Å². The highest BCUT2D eigenvalue weighted by Gasteiger charge is 2.29. The Morgan fingerprint density at radius 3 is 2.36 bits per heavy atom. The van der Waals surface area contributed by atoms with Crippen LogP contribution in [0.4, 0.5) is 5.69 Å². The molecule has 1 aromatic carbocycles. The smallest absolute Gasteiger partial charge is 0.0460 e. The maximum Gasteiger partial charge on any atom is 0.0460 e. The highest BCUT2D eigenvalue weighted by molar-refractivity contribution is 5.48. The van der Waals surface area contributed by atoms with Crippen LogP contribution < -0.4 is 10.2 Å². The summed E-state index contributed by atoms with van der Waals surface area (Å²) in [5.41, 5.74) is 2.71. The summed E-state index contributed by atoms with van der Waals surface area (Å²) < 4.78 is 0. The zero-order valence-corrected chi connectivity index (χ0v) is 13.8. The molecule has 0 amide bonds. The van der Waals surface area contributed by atoms with Crippen molar-refractivity contribution in [3.8, 4) is 0 Å². The van der Waals surface area contributed by atoms with Crippen molar-refractivity contribution in [1.29, 1.82) is 0 Å². The summed E-state index contributed by atoms with van der Waals surface area (Å²) in [5, 5.41) is 12.9. The molecule has 22 heavy (non-hydrogen) atoms. The molecule has 0 radical (unpaired) electrons. The minimum absolute atomic E-state index is 0.345. The van der Waals surface area contributed by atoms with E-state index in [1.807, 2.05) is 0 Å². The van der Waals surface area contributed by atoms with Gasteiger partial charge in [0.15, 0.2) is 0 Å². The van der Waals surface area contributed by atoms with Gasteiger partial charge in [-0.15, -0.1) is 0 Å². The predicted molar refractivity (Wildman–Crippen MR) is 92.1 cm³/mol. The predicted octanol–water partition coefficient (Wildman–Crippen LogP) is 3.17. The Balaban J connectivity index is 1.49. The van der Waals surface area contributed by atoms with Gasteiger partial charge in [-0.1, -0.05) is 19.1 Å². The topological polar surface area (TPSA) is 35.5 Å². The van der Waals surface area contributed by atoms with Gasteiger partial charge in [-0.3, -0.25) is 0 Å². The summed E-state index contributed by atoms with van der Waals surface area (Å²) in [6.45, 7) is 5.76. The molecule has 1 aliphatic heterocycles. The van der Waals surface area contributed by atoms with Gasteiger partial charge in [-0.2, -0.15) is 0 Å². The highest BCUT2D eigenvalue weighted by Crippen LogP contribution is 2.34. The second kappa shape index (κ2) is 7.47. The molecule has 1 unspecified atom stereocenters. The number of hydrogen-bond acceptors (Lipinski definition) is 3. The Hall–Kier alpha value is -1.06. The molecule has 2 aliphatic rings. The fourth-order valence-electron chi connectivity index (χ4n) is 3.59. The van der Waals surface area contributed by atoms with Crippen molar-refractivity contribution in [3.63, 3.8) is 0 Å². The summed E-state index contributed by atoms with van der Waals surface area (Å²) in [4.78, 5) is 2.45. The van der Waals surface area contributed by atoms with Gasteiger partial charge in [0.2, 0.25) is 0 Å². The van der Waals surface area contributed by atoms with Crippen molar-refractivity contribution < 1.29 is 5.11 Å². The van der Waals surface area contributed by atoms with E-state index in [9.17, 15) is 5.11 Å². The third-order valence-electron chi connectivity index (χ3n) is 5.37. The molecular weight excluding hydrogens is 272 g/mol. The number of piperidine rings is 1. The first-order valence-corrected chi connectivity index (χ1v) is 8.98. The van der Waals surface area contributed by atoms with E-state index >= 15 is 0 Å². The fourth-order valence-corrected chi connectivity index (χ4v) is 3.59. The number of nitrogens with one attached hydrogen (secondary N) is 1. The maximum atomic E-state index is 9.23. The van der Waals surface area contributed by atoms with Crippen LogP contribution in [0.3, 0.4) is 0 Å². The number of hydrogen-bond donors (Lipinski definition) is 2. The number of nitrogens with zero attached hydrogens (tertiary/aromatic N) is 1. The number of aliphatic hydroxyl groups excluding tert-OH is 1. The van der Waals surface area contributed by atoms with E-state index in [4.69, 9.17) is 0 Å². The average Bonchev–Trinajstić information content (AvgIpc) is 3.41. The molecule has 0 spiro atoms. The SMILES string of the molecule is CCC(NCc1ccc(N2CCC(CO)CC2)cc1)C1CC1. The molecule has 122 valence electrons. The molecule has 3 heteroatoms. The van der Waals surface area contributed by atoms with Crippen LogP contribution in [0.2, 0.25) is 0 Å². The van der Waals surface area contributed by atoms with E-state index in [0.717, 1.165) is 38.4 Å². The minimum atomic E-state index is 0.345. The molecule has 3 rings (SSSR count). The van der Waals surface area contributed by atoms with Crippen LogP contribution in [-0.2, 0) is 6.54 Å². The Labute approximate surface area is 134 Å². The first-order valence-electron chi connectivity index (χ1n) is 8.98. The number of benzene rings is 1. The number of aliphatic hydroxyl groups is 1. The van der Waals surface area contributed by atoms with Gasteiger partial charge in [0, 0.05) is 38.0 Å². The largest absolute Gasteiger partial charge is 0.396 e. The van der Waals surface area contributed by atoms with Crippen LogP contribution in [-0.4, -0.2) is 30.8 Å². The summed E-state index contributed by atoms with van der Waals surface area (Å²) in [6, 6.07) is 9.75. The molecule has 3 nitrogen and oxygen atoms in total. The standard InChI is InChI=1S/C19H30N2O/c1-2-19(17-5-6-17)20-13-15-3-7-18(8-4-15)21-11-9-16(14-22)10-12-21/h3-4,7-8,16-17,19-20,22H,2,5-6,9-14H2,1H3. The highest BCUT2D eigenvalue weighted by atomic mass is 16.3. The Bertz CT molecular complexity index is 447. The van der Waals surface area contributed by atoms with Crippen molar-refractivity contribution in [1.82, 2.24) is 5.32 Å². The zero-order chi connectivity index (χ0) is 15.4. The molecule has 1 aromatic rings. The van der Waals surface area contributed by atoms with Gasteiger partial charge in [-0.25, -0.2) is 0 Å². The second-order valence-corrected chi connectivity index (χ2v) is 7.01. The molecule has 0 bridgehead atoms. The molecule has 2 N–H and O–H groups in total. The van der Waals surface area contributed by atoms with E-state index in [1.165, 1.54) is 30.5 Å². The third kappa shape index (κ3) is 4.02. The van der Waals surface area contributed by atoms with Crippen molar-refractivity contribution in [2.45, 2.75) is 51.6 Å². The molecule has 1 saturated carbocycles. The Morgan fingerprint density at radius 2 is 1.82 bits per heavy atom. The monoisotopic (exact) mass is 302 g/mol. The average molecular weight is 302 g/mol. The molecule has 2 fully saturated rings. The summed E-state index contributed by atoms with van der Waals surface area (Å²) in [6.07, 6.45) is 6.28. The van der Waals surface area contributed by atoms with Crippen LogP contribution in [0, 0.1) is 11.8 Å². The summed E-state index contributed by atoms with van der Waals surface area (Å²) in [7, 11) is 0. The van der Waals surface area contributed by atoms with Crippen molar-refractivity contribution in [3.05, 3.63) is 29.8 Å². The van der Waals surface area contributed by atoms with Gasteiger partial charge in [0.1, 0.15) is 0 Å². The summed E-state index contributed by atoms with van der Waals surface area (Å²) >= 11 is 0. The second-order valence-electron chi connectivity index (χ2n) is 7.01. The molecular formula is C19H30N2O. The van der Waals surface area contributed by atoms with Crippen molar-refractivity contribution in [2.75, 3.05) is 24.6 Å². The summed E-state index contributed by atoms with van der Waals surface area (Å²) in [5.74, 6) is 1.44. The lowest BCUT2D eigenvalue weighted by Crippen LogP contribution is -2.34. The van der Waals surface area contributed by atoms with Crippen molar-refractivity contribution >= 4 is 5.69 Å². The van der Waals surface area contributed by atoms with Gasteiger partial charge in [-0.05, 0) is 61.6 Å². The Kier molecular flexibility index (Phi) is 5.37. The molecule has 0 aromatic heterocycles. The van der Waals surface area contributed by atoms with Crippen molar-refractivity contribution in [2.24, 2.45) is 11.8 Å². The zero-order valence-electron chi connectivity index (χ0n) is 13.8. The number of anilines is 1. The van der Waals surface area contributed by atoms with Gasteiger partial charge in [0.25, 0.3) is 0 Å². The normalized spacial score (nSPS) is 21.1. The van der Waals surface area contributed by atoms with Crippen LogP contribution in [0.1, 0.15) is 44.6 Å². The van der Waals surface area contributed by atoms with Gasteiger partial charge >= 0.3 is 0 Å². The van der Waals surface area contributed by atoms with Crippen LogP contribution in [0.15, 0.2) is 24.3 Å². The lowest BCUT2D eigenvalue weighted by molar-refractivity contribution is 0.203. The van der Waals surface area contributed by atoms with Gasteiger partial charge in [0.05, 0.1) is 0 Å². The van der Waals surface area contributed by atoms with E-state index in [1.54, 1.807) is 0 Å². The number of rotatable bonds is 7. The van der Waals surface area contributed by atoms with E-state index in [0.29, 0.717) is 18.6 Å². The van der Waals surface area contributed by atoms with Crippen LogP contribution in [0.5, 0.6) is 0 Å². The van der Waals surface area contributed by atoms with E-state index in [2.05, 4.69) is 41.4 Å². The lowest BCUT2D eigenvalue weighted by Gasteiger charge is -2.33. The lowest BCUT2D eigenvalue weighted by atomic mass is 9.97. The fraction of sp³-hybridized carbons (Fsp3) is 0.684. The van der Waals surface area contributed by atoms with Crippen LogP contribution >= 0.6 is 0 Å². The first-order chi connectivity index (χ1) is 10.8. The van der Waals surface area contributed by atoms with E-state index in [-0.39, 0.29) is 0 Å². The van der Waals surface area contributed by atoms with E-state index < -0.39 is 0 Å². The van der Waals surface area contributed by atoms with Gasteiger partial charge < -0.3 is 15.3 Å². The molecule has 1 saturated heterocycles. The maximum absolute atomic E-state index is 9.23. The third-order valence-corrected chi connectivity index (χ3v) is 5.37. The minimum Gasteiger partial charge on any atom is -0.396 e. The Morgan fingerprint density at radius 1 is 1.14 bits per heavy atom. The quantitative estimate of drug-likeness (QED) is 0.812. The first kappa shape index (κ1) is 15.8. The molecule has 1 aliphatic carbocycles.